The average Bonchev–Trinajstić information content (AvgIpc) is 3.29. The number of carbonyl (C=O) groups is 1. The van der Waals surface area contributed by atoms with Crippen LogP contribution in [0.15, 0.2) is 48.7 Å². The molecule has 2 aromatic carbocycles. The van der Waals surface area contributed by atoms with Gasteiger partial charge in [-0.1, -0.05) is 56.6 Å². The van der Waals surface area contributed by atoms with Crippen molar-refractivity contribution in [1.29, 1.82) is 0 Å². The zero-order valence-electron chi connectivity index (χ0n) is 22.7. The second-order valence-corrected chi connectivity index (χ2v) is 10.8. The monoisotopic (exact) mass is 526 g/mol. The Balaban J connectivity index is 1.73. The van der Waals surface area contributed by atoms with Gasteiger partial charge in [0.05, 0.1) is 16.8 Å². The highest BCUT2D eigenvalue weighted by atomic mass is 35.5. The number of amides is 1. The molecule has 37 heavy (non-hydrogen) atoms. The Labute approximate surface area is 225 Å². The van der Waals surface area contributed by atoms with Gasteiger partial charge in [-0.25, -0.2) is 9.99 Å². The van der Waals surface area contributed by atoms with Gasteiger partial charge < -0.3 is 14.4 Å². The van der Waals surface area contributed by atoms with Crippen molar-refractivity contribution in [1.82, 2.24) is 20.0 Å². The molecule has 1 amide bonds. The van der Waals surface area contributed by atoms with Gasteiger partial charge in [0.15, 0.2) is 0 Å². The first kappa shape index (κ1) is 28.7. The second-order valence-electron chi connectivity index (χ2n) is 10.4. The number of hydrogen-bond acceptors (Lipinski definition) is 5. The number of ether oxygens (including phenoxy) is 1. The summed E-state index contributed by atoms with van der Waals surface area (Å²) in [6.07, 6.45) is 2.62. The lowest BCUT2D eigenvalue weighted by Gasteiger charge is -2.23. The molecular formula is C29H39ClN4O3. The predicted molar refractivity (Wildman–Crippen MR) is 149 cm³/mol. The largest absolute Gasteiger partial charge is 0.489 e. The summed E-state index contributed by atoms with van der Waals surface area (Å²) < 4.78 is 7.86. The molecule has 0 saturated carbocycles. The van der Waals surface area contributed by atoms with E-state index < -0.39 is 0 Å². The fourth-order valence-electron chi connectivity index (χ4n) is 4.03. The number of aliphatic hydroxyl groups excluding tert-OH is 1. The third-order valence-corrected chi connectivity index (χ3v) is 6.11. The van der Waals surface area contributed by atoms with Crippen LogP contribution in [0.2, 0.25) is 5.02 Å². The summed E-state index contributed by atoms with van der Waals surface area (Å²) in [6, 6.07) is 13.2. The molecule has 0 spiro atoms. The SMILES string of the molecule is CCn1cc(-c2ccc(CN(CCCO)NC(=O)c3ccc(OC(C)C)c(Cl)c3)cc2)nc1C(C)(C)C. The Bertz CT molecular complexity index is 1180. The van der Waals surface area contributed by atoms with Crippen molar-refractivity contribution in [2.24, 2.45) is 0 Å². The molecule has 0 radical (unpaired) electrons. The zero-order chi connectivity index (χ0) is 27.2. The van der Waals surface area contributed by atoms with Crippen molar-refractivity contribution in [2.45, 2.75) is 72.6 Å². The summed E-state index contributed by atoms with van der Waals surface area (Å²) in [5, 5.41) is 11.6. The molecule has 1 heterocycles. The van der Waals surface area contributed by atoms with Crippen molar-refractivity contribution in [3.05, 3.63) is 70.6 Å². The fourth-order valence-corrected chi connectivity index (χ4v) is 4.26. The number of rotatable bonds is 11. The molecule has 7 nitrogen and oxygen atoms in total. The van der Waals surface area contributed by atoms with E-state index in [0.717, 1.165) is 29.2 Å². The van der Waals surface area contributed by atoms with Gasteiger partial charge in [-0.15, -0.1) is 0 Å². The maximum absolute atomic E-state index is 13.0. The van der Waals surface area contributed by atoms with Crippen LogP contribution < -0.4 is 10.2 Å². The van der Waals surface area contributed by atoms with Gasteiger partial charge in [0, 0.05) is 49.0 Å². The summed E-state index contributed by atoms with van der Waals surface area (Å²) in [5.74, 6) is 1.34. The summed E-state index contributed by atoms with van der Waals surface area (Å²) in [4.78, 5) is 17.9. The van der Waals surface area contributed by atoms with E-state index in [-0.39, 0.29) is 24.0 Å². The Hall–Kier alpha value is -2.87. The average molecular weight is 527 g/mol. The smallest absolute Gasteiger partial charge is 0.265 e. The van der Waals surface area contributed by atoms with E-state index in [4.69, 9.17) is 21.3 Å². The molecule has 3 aromatic rings. The number of halogens is 1. The molecule has 1 aromatic heterocycles. The second kappa shape index (κ2) is 12.6. The summed E-state index contributed by atoms with van der Waals surface area (Å²) in [6.45, 7) is 14.4. The predicted octanol–water partition coefficient (Wildman–Crippen LogP) is 5.84. The van der Waals surface area contributed by atoms with E-state index in [0.29, 0.717) is 35.8 Å². The normalized spacial score (nSPS) is 11.8. The molecular weight excluding hydrogens is 488 g/mol. The van der Waals surface area contributed by atoms with Crippen LogP contribution in [0.1, 0.15) is 69.7 Å². The van der Waals surface area contributed by atoms with Crippen LogP contribution in [-0.4, -0.2) is 44.8 Å². The molecule has 200 valence electrons. The molecule has 0 unspecified atom stereocenters. The summed E-state index contributed by atoms with van der Waals surface area (Å²) in [7, 11) is 0. The minimum atomic E-state index is -0.271. The van der Waals surface area contributed by atoms with Gasteiger partial charge in [-0.2, -0.15) is 0 Å². The van der Waals surface area contributed by atoms with Crippen LogP contribution in [0.3, 0.4) is 0 Å². The van der Waals surface area contributed by atoms with Gasteiger partial charge in [-0.05, 0) is 51.0 Å². The standard InChI is InChI=1S/C29H39ClN4O3/c1-7-33-19-25(31-28(33)29(4,5)6)22-11-9-21(10-12-22)18-34(15-8-16-35)32-27(36)23-13-14-26(24(30)17-23)37-20(2)3/h9-14,17,19-20,35H,7-8,15-16,18H2,1-6H3,(H,32,36). The fraction of sp³-hybridized carbons (Fsp3) is 0.448. The van der Waals surface area contributed by atoms with Gasteiger partial charge in [0.25, 0.3) is 5.91 Å². The highest BCUT2D eigenvalue weighted by Gasteiger charge is 2.21. The third-order valence-electron chi connectivity index (χ3n) is 5.81. The number of aryl methyl sites for hydroxylation is 1. The minimum Gasteiger partial charge on any atom is -0.489 e. The Morgan fingerprint density at radius 1 is 1.19 bits per heavy atom. The number of benzene rings is 2. The number of hydrazine groups is 1. The molecule has 3 rings (SSSR count). The van der Waals surface area contributed by atoms with Crippen LogP contribution in [0.25, 0.3) is 11.3 Å². The highest BCUT2D eigenvalue weighted by molar-refractivity contribution is 6.32. The van der Waals surface area contributed by atoms with Gasteiger partial charge in [0.1, 0.15) is 11.6 Å². The van der Waals surface area contributed by atoms with Gasteiger partial charge in [-0.3, -0.25) is 10.2 Å². The number of carbonyl (C=O) groups excluding carboxylic acids is 1. The van der Waals surface area contributed by atoms with Crippen molar-refractivity contribution < 1.29 is 14.6 Å². The van der Waals surface area contributed by atoms with E-state index in [1.807, 2.05) is 31.0 Å². The van der Waals surface area contributed by atoms with E-state index >= 15 is 0 Å². The van der Waals surface area contributed by atoms with E-state index in [9.17, 15) is 9.90 Å². The molecule has 0 saturated heterocycles. The molecule has 2 N–H and O–H groups in total. The number of nitrogens with zero attached hydrogens (tertiary/aromatic N) is 3. The highest BCUT2D eigenvalue weighted by Crippen LogP contribution is 2.28. The van der Waals surface area contributed by atoms with Crippen LogP contribution in [0.5, 0.6) is 5.75 Å². The van der Waals surface area contributed by atoms with Crippen LogP contribution in [0.4, 0.5) is 0 Å². The first-order valence-electron chi connectivity index (χ1n) is 12.8. The Morgan fingerprint density at radius 2 is 1.89 bits per heavy atom. The van der Waals surface area contributed by atoms with Crippen molar-refractivity contribution >= 4 is 17.5 Å². The van der Waals surface area contributed by atoms with Crippen molar-refractivity contribution in [2.75, 3.05) is 13.2 Å². The first-order chi connectivity index (χ1) is 17.5. The zero-order valence-corrected chi connectivity index (χ0v) is 23.5. The number of aromatic nitrogens is 2. The lowest BCUT2D eigenvalue weighted by Crippen LogP contribution is -2.42. The van der Waals surface area contributed by atoms with E-state index in [1.54, 1.807) is 18.2 Å². The third kappa shape index (κ3) is 7.81. The Kier molecular flexibility index (Phi) is 9.76. The number of imidazole rings is 1. The number of nitrogens with one attached hydrogen (secondary N) is 1. The maximum Gasteiger partial charge on any atom is 0.265 e. The lowest BCUT2D eigenvalue weighted by atomic mass is 9.95. The summed E-state index contributed by atoms with van der Waals surface area (Å²) >= 11 is 6.32. The molecule has 0 atom stereocenters. The minimum absolute atomic E-state index is 0.0135. The van der Waals surface area contributed by atoms with Gasteiger partial charge in [0.2, 0.25) is 0 Å². The molecule has 8 heteroatoms. The quantitative estimate of drug-likeness (QED) is 0.307. The van der Waals surface area contributed by atoms with E-state index in [2.05, 4.69) is 56.0 Å². The first-order valence-corrected chi connectivity index (χ1v) is 13.2. The van der Waals surface area contributed by atoms with Crippen molar-refractivity contribution in [3.8, 4) is 17.0 Å². The van der Waals surface area contributed by atoms with Crippen molar-refractivity contribution in [3.63, 3.8) is 0 Å². The number of hydrogen-bond donors (Lipinski definition) is 2. The van der Waals surface area contributed by atoms with Crippen LogP contribution >= 0.6 is 11.6 Å². The molecule has 0 bridgehead atoms. The van der Waals surface area contributed by atoms with Crippen LogP contribution in [-0.2, 0) is 18.5 Å². The topological polar surface area (TPSA) is 79.6 Å². The molecule has 0 aliphatic rings. The number of aliphatic hydroxyl groups is 1. The van der Waals surface area contributed by atoms with E-state index in [1.165, 1.54) is 0 Å². The van der Waals surface area contributed by atoms with Gasteiger partial charge >= 0.3 is 0 Å². The molecule has 0 aliphatic carbocycles. The Morgan fingerprint density at radius 3 is 2.43 bits per heavy atom. The molecule has 0 fully saturated rings. The maximum atomic E-state index is 13.0. The van der Waals surface area contributed by atoms with Crippen LogP contribution in [0, 0.1) is 0 Å². The summed E-state index contributed by atoms with van der Waals surface area (Å²) in [5.41, 5.74) is 6.38. The lowest BCUT2D eigenvalue weighted by molar-refractivity contribution is 0.0758. The molecule has 0 aliphatic heterocycles.